The second-order valence-corrected chi connectivity index (χ2v) is 12.3. The monoisotopic (exact) mass is 873 g/mol. The maximum atomic E-state index is 16.9. The summed E-state index contributed by atoms with van der Waals surface area (Å²) >= 11 is 6.63. The maximum Gasteiger partial charge on any atom is 1.00 e. The van der Waals surface area contributed by atoms with Crippen LogP contribution in [0.4, 0.5) is 14.6 Å². The number of carbonyl (C=O) groups is 1. The number of ether oxygens (including phenoxy) is 2. The molecule has 0 unspecified atom stereocenters. The van der Waals surface area contributed by atoms with E-state index < -0.39 is 29.5 Å². The summed E-state index contributed by atoms with van der Waals surface area (Å²) < 4.78 is 42.0. The summed E-state index contributed by atoms with van der Waals surface area (Å²) in [6, 6.07) is 6.91. The number of nitriles is 1. The van der Waals surface area contributed by atoms with Gasteiger partial charge in [0.05, 0.1) is 37.5 Å². The Morgan fingerprint density at radius 3 is 2.57 bits per heavy atom. The van der Waals surface area contributed by atoms with E-state index in [0.29, 0.717) is 24.5 Å². The van der Waals surface area contributed by atoms with E-state index in [-0.39, 0.29) is 137 Å². The number of hydrogen-bond donors (Lipinski definition) is 0. The molecule has 1 aromatic heterocycles. The summed E-state index contributed by atoms with van der Waals surface area (Å²) in [5.41, 5.74) is 1.82. The molecule has 2 aromatic rings. The Kier molecular flexibility index (Phi) is 23.2. The van der Waals surface area contributed by atoms with Gasteiger partial charge in [0.2, 0.25) is 0 Å². The maximum absolute atomic E-state index is 16.9. The largest absolute Gasteiger partial charge is 1.00 e. The first kappa shape index (κ1) is 48.9. The molecule has 0 N–H and O–H groups in total. The van der Waals surface area contributed by atoms with Gasteiger partial charge in [-0.2, -0.15) is 15.2 Å². The molecule has 10 nitrogen and oxygen atoms in total. The van der Waals surface area contributed by atoms with Crippen LogP contribution in [0.1, 0.15) is 63.5 Å². The molecule has 2 atom stereocenters. The number of halogens is 3. The zero-order valence-electron chi connectivity index (χ0n) is 32.4. The molecule has 4 rings (SSSR count). The number of allylic oxidation sites excluding steroid dienone is 1. The van der Waals surface area contributed by atoms with Crippen LogP contribution in [-0.4, -0.2) is 104 Å². The Hall–Kier alpha value is -2.13. The zero-order valence-corrected chi connectivity index (χ0v) is 39.5. The van der Waals surface area contributed by atoms with Crippen LogP contribution in [-0.2, 0) is 9.53 Å². The average Bonchev–Trinajstić information content (AvgIpc) is 3.13. The predicted molar refractivity (Wildman–Crippen MR) is 207 cm³/mol. The predicted octanol–water partition coefficient (Wildman–Crippen LogP) is 2.91. The molecule has 14 heteroatoms. The van der Waals surface area contributed by atoms with Crippen LogP contribution in [0.3, 0.4) is 0 Å². The van der Waals surface area contributed by atoms with Crippen LogP contribution < -0.4 is 89.1 Å². The molecule has 1 aromatic carbocycles. The minimum Gasteiger partial charge on any atom is -0.463 e. The van der Waals surface area contributed by atoms with Crippen molar-refractivity contribution in [1.29, 1.82) is 5.26 Å². The van der Waals surface area contributed by atoms with Gasteiger partial charge in [0.15, 0.2) is 11.7 Å². The zero-order chi connectivity index (χ0) is 37.5. The summed E-state index contributed by atoms with van der Waals surface area (Å²) in [5.74, 6) is -2.84. The van der Waals surface area contributed by atoms with Gasteiger partial charge in [-0.25, -0.2) is 8.78 Å². The van der Waals surface area contributed by atoms with Crippen LogP contribution in [0.5, 0.6) is 6.01 Å². The van der Waals surface area contributed by atoms with Crippen molar-refractivity contribution in [3.8, 4) is 12.1 Å². The Morgan fingerprint density at radius 1 is 1.19 bits per heavy atom. The van der Waals surface area contributed by atoms with Gasteiger partial charge in [-0.3, -0.25) is 9.79 Å². The Labute approximate surface area is 378 Å². The van der Waals surface area contributed by atoms with Gasteiger partial charge >= 0.3 is 74.9 Å². The molecule has 0 bridgehead atoms. The van der Waals surface area contributed by atoms with Crippen molar-refractivity contribution in [2.45, 2.75) is 58.4 Å². The minimum absolute atomic E-state index is 0. The van der Waals surface area contributed by atoms with E-state index in [1.165, 1.54) is 11.9 Å². The molecule has 0 radical (unpaired) electrons. The van der Waals surface area contributed by atoms with E-state index in [9.17, 15) is 14.4 Å². The summed E-state index contributed by atoms with van der Waals surface area (Å²) in [6.07, 6.45) is 6.01. The van der Waals surface area contributed by atoms with Gasteiger partial charge in [0.25, 0.3) is 5.91 Å². The van der Waals surface area contributed by atoms with Gasteiger partial charge in [0.1, 0.15) is 11.2 Å². The molecule has 1 saturated heterocycles. The van der Waals surface area contributed by atoms with Gasteiger partial charge < -0.3 is 31.6 Å². The van der Waals surface area contributed by atoms with Crippen LogP contribution in [0.15, 0.2) is 41.7 Å². The molecule has 1 amide bonds. The van der Waals surface area contributed by atoms with Crippen molar-refractivity contribution in [2.24, 2.45) is 4.99 Å². The van der Waals surface area contributed by atoms with Crippen molar-refractivity contribution in [1.82, 2.24) is 19.8 Å². The number of carbonyl (C=O) groups excluding carboxylic acids is 1. The van der Waals surface area contributed by atoms with E-state index in [1.807, 2.05) is 38.1 Å². The number of methoxy groups -OCH3 is 1. The van der Waals surface area contributed by atoms with E-state index in [4.69, 9.17) is 21.1 Å². The standard InChI is InChI=1S/C36H44ClF2N7O3.C2H6.CH3.Cs/c1-6-16-44(20-22-48-5)17-9-21-49-36-42-32(31(39)33(41-4)28-12-7-10-26-11-8-13-29(37)30(26)28)24(2)34(43-36)45-18-19-46(35(47)25(3)38)27(23-45)14-15-40;1-2;;/h7-8,10-11,13,27-28H,2-3,6,9,12,14,16-23H2,1,4-5H3;1-2H3;1H3;/q;;-1;+1/b32-31-,41-33?;;;/t27-,28+;;;/m0.../s1. The quantitative estimate of drug-likeness (QED) is 0.117. The molecule has 0 spiro atoms. The van der Waals surface area contributed by atoms with Crippen molar-refractivity contribution >= 4 is 47.5 Å². The number of rotatable bonds is 15. The molecule has 1 aliphatic heterocycles. The summed E-state index contributed by atoms with van der Waals surface area (Å²) in [6.45, 7) is 17.2. The van der Waals surface area contributed by atoms with E-state index >= 15 is 4.39 Å². The van der Waals surface area contributed by atoms with Crippen LogP contribution in [0.2, 0.25) is 5.02 Å². The fourth-order valence-corrected chi connectivity index (χ4v) is 6.64. The van der Waals surface area contributed by atoms with E-state index in [2.05, 4.69) is 46.0 Å². The van der Waals surface area contributed by atoms with Gasteiger partial charge in [0, 0.05) is 63.0 Å². The number of fused-ring (bicyclic) bond motifs is 1. The Morgan fingerprint density at radius 2 is 1.92 bits per heavy atom. The van der Waals surface area contributed by atoms with Crippen molar-refractivity contribution < 1.29 is 91.9 Å². The van der Waals surface area contributed by atoms with Crippen molar-refractivity contribution in [2.75, 3.05) is 71.5 Å². The van der Waals surface area contributed by atoms with Crippen molar-refractivity contribution in [3.05, 3.63) is 70.8 Å². The number of aromatic nitrogens is 2. The fourth-order valence-electron chi connectivity index (χ4n) is 6.33. The minimum atomic E-state index is -1.10. The SMILES string of the molecule is C=C(F)C(=O)N1CCN(c2nc(OCCCN(CCC)CCOC)n/c(=C(\F)C(=NC)[C@@H]3CC=Cc4cccc(Cl)c43)c2=C)C[C@@H]1CC#N.CC.[CH3-].[Cs+]. The number of benzene rings is 1. The molecule has 1 fully saturated rings. The van der Waals surface area contributed by atoms with Crippen LogP contribution in [0.25, 0.3) is 18.5 Å². The normalized spacial score (nSPS) is 17.0. The third-order valence-electron chi connectivity index (χ3n) is 8.68. The van der Waals surface area contributed by atoms with Gasteiger partial charge in [-0.05, 0) is 43.0 Å². The summed E-state index contributed by atoms with van der Waals surface area (Å²) in [5, 5.41) is 10.1. The molecule has 2 aliphatic rings. The molecular formula is C39H53ClCsF2N7O3. The molecule has 1 aliphatic carbocycles. The average molecular weight is 874 g/mol. The number of anilines is 1. The number of hydrogen-bond acceptors (Lipinski definition) is 9. The van der Waals surface area contributed by atoms with Gasteiger partial charge in [-0.15, -0.1) is 0 Å². The van der Waals surface area contributed by atoms with Crippen LogP contribution >= 0.6 is 11.6 Å². The first-order chi connectivity index (χ1) is 24.6. The number of amides is 1. The number of nitrogens with zero attached hydrogens (tertiary/aromatic N) is 7. The first-order valence-electron chi connectivity index (χ1n) is 17.4. The first-order valence-corrected chi connectivity index (χ1v) is 17.8. The summed E-state index contributed by atoms with van der Waals surface area (Å²) in [7, 11) is 3.20. The van der Waals surface area contributed by atoms with Crippen molar-refractivity contribution in [3.63, 3.8) is 0 Å². The van der Waals surface area contributed by atoms with Crippen LogP contribution in [0, 0.1) is 18.8 Å². The second kappa shape index (κ2) is 25.1. The van der Waals surface area contributed by atoms with E-state index in [0.717, 1.165) is 37.2 Å². The van der Waals surface area contributed by atoms with Gasteiger partial charge in [-0.1, -0.05) is 69.8 Å². The molecular weight excluding hydrogens is 821 g/mol. The smallest absolute Gasteiger partial charge is 0.463 e. The summed E-state index contributed by atoms with van der Waals surface area (Å²) in [4.78, 5) is 31.5. The number of aliphatic imine (C=N–C) groups is 1. The molecule has 0 saturated carbocycles. The third kappa shape index (κ3) is 13.0. The van der Waals surface area contributed by atoms with E-state index in [1.54, 1.807) is 18.1 Å². The molecule has 284 valence electrons. The second-order valence-electron chi connectivity index (χ2n) is 11.9. The topological polar surface area (TPSA) is 107 Å². The molecule has 53 heavy (non-hydrogen) atoms. The Balaban J connectivity index is 0.00000345. The fraction of sp³-hybridized carbons (Fsp3) is 0.487. The number of piperazine rings is 1. The Bertz CT molecular complexity index is 1740. The third-order valence-corrected chi connectivity index (χ3v) is 9.01. The molecule has 2 heterocycles.